The van der Waals surface area contributed by atoms with Crippen LogP contribution in [0.1, 0.15) is 21.5 Å². The van der Waals surface area contributed by atoms with E-state index in [-0.39, 0.29) is 26.9 Å². The zero-order valence-electron chi connectivity index (χ0n) is 18.4. The molecule has 2 unspecified atom stereocenters. The van der Waals surface area contributed by atoms with Crippen molar-refractivity contribution in [3.63, 3.8) is 0 Å². The van der Waals surface area contributed by atoms with Gasteiger partial charge >= 0.3 is 0 Å². The first-order valence-corrected chi connectivity index (χ1v) is 14.1. The minimum atomic E-state index is -3.41. The van der Waals surface area contributed by atoms with E-state index in [2.05, 4.69) is 16.9 Å². The minimum absolute atomic E-state index is 0.0232. The molecule has 0 fully saturated rings. The molecule has 0 heterocycles. The van der Waals surface area contributed by atoms with Crippen LogP contribution >= 0.6 is 31.4 Å². The Labute approximate surface area is 215 Å². The normalized spacial score (nSPS) is 12.7. The number of nitrogens with one attached hydrogen (secondary N) is 1. The highest BCUT2D eigenvalue weighted by Gasteiger charge is 2.20. The maximum Gasteiger partial charge on any atom is 0.254 e. The molecule has 180 valence electrons. The van der Waals surface area contributed by atoms with E-state index in [0.717, 1.165) is 6.26 Å². The highest BCUT2D eigenvalue weighted by Crippen LogP contribution is 2.29. The van der Waals surface area contributed by atoms with Gasteiger partial charge in [-0.3, -0.25) is 4.79 Å². The molecule has 0 aliphatic heterocycles. The van der Waals surface area contributed by atoms with Crippen molar-refractivity contribution in [2.24, 2.45) is 0 Å². The summed E-state index contributed by atoms with van der Waals surface area (Å²) in [7, 11) is -5.10. The maximum absolute atomic E-state index is 12.8. The first-order valence-electron chi connectivity index (χ1n) is 10.2. The molecule has 0 bridgehead atoms. The number of sulfone groups is 1. The monoisotopic (exact) mass is 547 g/mol. The molecule has 0 saturated heterocycles. The average molecular weight is 548 g/mol. The molecule has 10 heteroatoms. The van der Waals surface area contributed by atoms with E-state index < -0.39 is 29.9 Å². The van der Waals surface area contributed by atoms with Crippen molar-refractivity contribution in [3.8, 4) is 11.6 Å². The molecule has 35 heavy (non-hydrogen) atoms. The number of rotatable bonds is 7. The molecule has 6 nitrogen and oxygen atoms in total. The maximum atomic E-state index is 12.8. The fourth-order valence-corrected chi connectivity index (χ4v) is 5.31. The molecule has 1 amide bonds. The van der Waals surface area contributed by atoms with E-state index in [0.29, 0.717) is 22.7 Å². The zero-order chi connectivity index (χ0) is 25.6. The summed E-state index contributed by atoms with van der Waals surface area (Å²) >= 11 is 12.6. The van der Waals surface area contributed by atoms with Gasteiger partial charge in [0.15, 0.2) is 9.84 Å². The Balaban J connectivity index is 1.76. The zero-order valence-corrected chi connectivity index (χ0v) is 21.6. The van der Waals surface area contributed by atoms with Crippen LogP contribution in [0, 0.1) is 11.6 Å². The lowest BCUT2D eigenvalue weighted by molar-refractivity contribution is -0.109. The van der Waals surface area contributed by atoms with Crippen molar-refractivity contribution >= 4 is 58.7 Å². The van der Waals surface area contributed by atoms with E-state index in [1.54, 1.807) is 36.4 Å². The molecule has 0 spiro atoms. The van der Waals surface area contributed by atoms with E-state index in [4.69, 9.17) is 23.2 Å². The van der Waals surface area contributed by atoms with Crippen molar-refractivity contribution < 1.29 is 22.9 Å². The van der Waals surface area contributed by atoms with Crippen LogP contribution in [0.4, 0.5) is 0 Å². The molecule has 0 radical (unpaired) electrons. The van der Waals surface area contributed by atoms with Gasteiger partial charge in [-0.15, -0.1) is 0 Å². The first-order chi connectivity index (χ1) is 16.6. The summed E-state index contributed by atoms with van der Waals surface area (Å²) in [5, 5.41) is 3.33. The van der Waals surface area contributed by atoms with Gasteiger partial charge in [0.2, 0.25) is 0 Å². The molecule has 2 atom stereocenters. The predicted molar refractivity (Wildman–Crippen MR) is 139 cm³/mol. The van der Waals surface area contributed by atoms with Crippen LogP contribution in [-0.2, 0) is 21.1 Å². The number of carbonyl (C=O) groups is 2. The Hall–Kier alpha value is -2.72. The Kier molecular flexibility index (Phi) is 9.07. The fraction of sp³-hybridized carbons (Fsp3) is 0.120. The molecule has 0 saturated carbocycles. The topological polar surface area (TPSA) is 101 Å². The van der Waals surface area contributed by atoms with Crippen molar-refractivity contribution in [3.05, 3.63) is 93.5 Å². The molecule has 0 aliphatic carbocycles. The van der Waals surface area contributed by atoms with E-state index in [1.807, 2.05) is 6.07 Å². The second-order valence-corrected chi connectivity index (χ2v) is 11.7. The molecule has 0 aliphatic rings. The minimum Gasteiger partial charge on any atom is -0.358 e. The Morgan fingerprint density at radius 3 is 2.34 bits per heavy atom. The Morgan fingerprint density at radius 1 is 1.09 bits per heavy atom. The lowest BCUT2D eigenvalue weighted by Crippen LogP contribution is -2.38. The highest BCUT2D eigenvalue weighted by atomic mass is 35.5. The van der Waals surface area contributed by atoms with Gasteiger partial charge in [0, 0.05) is 17.1 Å². The number of halogens is 2. The number of carbonyl (C=O) groups excluding carboxylic acids is 2. The van der Waals surface area contributed by atoms with Crippen LogP contribution in [0.25, 0.3) is 0 Å². The molecule has 2 N–H and O–H groups in total. The summed E-state index contributed by atoms with van der Waals surface area (Å²) in [6, 6.07) is 17.1. The van der Waals surface area contributed by atoms with E-state index in [1.165, 1.54) is 24.3 Å². The number of aldehydes is 1. The molecule has 0 aromatic heterocycles. The van der Waals surface area contributed by atoms with Gasteiger partial charge in [-0.05, 0) is 41.9 Å². The van der Waals surface area contributed by atoms with Crippen molar-refractivity contribution in [1.29, 1.82) is 0 Å². The van der Waals surface area contributed by atoms with Crippen LogP contribution in [0.3, 0.4) is 0 Å². The second-order valence-electron chi connectivity index (χ2n) is 7.54. The van der Waals surface area contributed by atoms with E-state index in [9.17, 15) is 22.9 Å². The largest absolute Gasteiger partial charge is 0.358 e. The number of benzene rings is 3. The number of hydrogen-bond acceptors (Lipinski definition) is 5. The summed E-state index contributed by atoms with van der Waals surface area (Å²) in [5.74, 6) is 2.15. The molecule has 3 aromatic rings. The van der Waals surface area contributed by atoms with Crippen molar-refractivity contribution in [1.82, 2.24) is 5.32 Å². The molecule has 3 rings (SSSR count). The van der Waals surface area contributed by atoms with Gasteiger partial charge in [-0.2, -0.15) is 0 Å². The summed E-state index contributed by atoms with van der Waals surface area (Å²) < 4.78 is 23.5. The summed E-state index contributed by atoms with van der Waals surface area (Å²) in [4.78, 5) is 34.8. The van der Waals surface area contributed by atoms with Gasteiger partial charge < -0.3 is 15.0 Å². The quantitative estimate of drug-likeness (QED) is 0.265. The molecular weight excluding hydrogens is 528 g/mol. The summed E-state index contributed by atoms with van der Waals surface area (Å²) in [6.07, 6.45) is 1.73. The Morgan fingerprint density at radius 2 is 1.74 bits per heavy atom. The lowest BCUT2D eigenvalue weighted by Gasteiger charge is -2.15. The van der Waals surface area contributed by atoms with Gasteiger partial charge in [0.1, 0.15) is 14.4 Å². The SMILES string of the molecule is CS(=O)(=O)c1cccc(CC(C=O)NC(=O)c2c(Cl)cc(C#CP(O)c3ccccc3)cc2Cl)c1. The summed E-state index contributed by atoms with van der Waals surface area (Å²) in [6.45, 7) is 0. The van der Waals surface area contributed by atoms with Crippen LogP contribution < -0.4 is 10.6 Å². The fourth-order valence-electron chi connectivity index (χ4n) is 3.14. The Bertz CT molecular complexity index is 1400. The summed E-state index contributed by atoms with van der Waals surface area (Å²) in [5.41, 5.74) is 3.72. The third-order valence-corrected chi connectivity index (χ3v) is 7.66. The number of amides is 1. The standard InChI is InChI=1S/C25H20Cl2NO5PS/c1-35(32,33)21-9-5-6-17(13-21)12-19(16-29)28-25(30)24-22(26)14-18(15-23(24)27)10-11-34(31)20-7-3-2-4-8-20/h2-9,13-16,19,31H,12H2,1H3,(H,28,30). The van der Waals surface area contributed by atoms with E-state index >= 15 is 0 Å². The van der Waals surface area contributed by atoms with Crippen LogP contribution in [0.2, 0.25) is 10.0 Å². The van der Waals surface area contributed by atoms with Crippen LogP contribution in [-0.4, -0.2) is 37.8 Å². The lowest BCUT2D eigenvalue weighted by atomic mass is 10.1. The highest BCUT2D eigenvalue weighted by molar-refractivity contribution is 7.90. The third-order valence-electron chi connectivity index (χ3n) is 4.84. The van der Waals surface area contributed by atoms with Gasteiger partial charge in [-0.25, -0.2) is 8.42 Å². The smallest absolute Gasteiger partial charge is 0.254 e. The van der Waals surface area contributed by atoms with Crippen molar-refractivity contribution in [2.45, 2.75) is 17.4 Å². The predicted octanol–water partition coefficient (Wildman–Crippen LogP) is 3.96. The van der Waals surface area contributed by atoms with Crippen molar-refractivity contribution in [2.75, 3.05) is 6.26 Å². The first kappa shape index (κ1) is 26.9. The average Bonchev–Trinajstić information content (AvgIpc) is 2.82. The number of hydrogen-bond donors (Lipinski definition) is 2. The second kappa shape index (κ2) is 11.8. The molecular formula is C25H20Cl2NO5PS. The van der Waals surface area contributed by atoms with Crippen LogP contribution in [0.15, 0.2) is 71.6 Å². The van der Waals surface area contributed by atoms with Gasteiger partial charge in [0.05, 0.1) is 26.5 Å². The third kappa shape index (κ3) is 7.38. The molecule has 3 aromatic carbocycles. The van der Waals surface area contributed by atoms with Crippen LogP contribution in [0.5, 0.6) is 0 Å². The van der Waals surface area contributed by atoms with Gasteiger partial charge in [0.25, 0.3) is 5.91 Å². The van der Waals surface area contributed by atoms with Gasteiger partial charge in [-0.1, -0.05) is 71.6 Å².